The molecule has 3 amide bonds. The van der Waals surface area contributed by atoms with Crippen LogP contribution in [0.4, 0.5) is 11.5 Å². The zero-order valence-corrected chi connectivity index (χ0v) is 19.2. The van der Waals surface area contributed by atoms with Crippen LogP contribution in [0.15, 0.2) is 47.0 Å². The van der Waals surface area contributed by atoms with Crippen molar-refractivity contribution in [2.45, 2.75) is 38.2 Å². The summed E-state index contributed by atoms with van der Waals surface area (Å²) in [5.41, 5.74) is 0.720. The average Bonchev–Trinajstić information content (AvgIpc) is 3.19. The van der Waals surface area contributed by atoms with Crippen LogP contribution >= 0.6 is 11.6 Å². The number of aliphatic hydroxyl groups excluding tert-OH is 1. The molecule has 10 heteroatoms. The third-order valence-electron chi connectivity index (χ3n) is 5.65. The first kappa shape index (κ1) is 23.7. The van der Waals surface area contributed by atoms with Gasteiger partial charge < -0.3 is 25.1 Å². The highest BCUT2D eigenvalue weighted by atomic mass is 35.5. The Hall–Kier alpha value is -3.43. The molecule has 0 bridgehead atoms. The Kier molecular flexibility index (Phi) is 7.44. The van der Waals surface area contributed by atoms with Crippen LogP contribution in [0.25, 0.3) is 11.0 Å². The van der Waals surface area contributed by atoms with Crippen LogP contribution in [0.3, 0.4) is 0 Å². The van der Waals surface area contributed by atoms with Crippen LogP contribution in [-0.4, -0.2) is 51.9 Å². The highest BCUT2D eigenvalue weighted by Gasteiger charge is 2.24. The van der Waals surface area contributed by atoms with Crippen LogP contribution in [0.2, 0.25) is 5.02 Å². The second kappa shape index (κ2) is 10.7. The number of hydrogen-bond acceptors (Lipinski definition) is 6. The van der Waals surface area contributed by atoms with Crippen LogP contribution in [0, 0.1) is 0 Å². The fourth-order valence-corrected chi connectivity index (χ4v) is 3.94. The van der Waals surface area contributed by atoms with Gasteiger partial charge in [0.2, 0.25) is 17.6 Å². The molecule has 0 radical (unpaired) electrons. The number of pyridine rings is 1. The molecule has 1 aromatic carbocycles. The molecule has 3 N–H and O–H groups in total. The lowest BCUT2D eigenvalue weighted by molar-refractivity contribution is -0.133. The van der Waals surface area contributed by atoms with E-state index in [0.717, 1.165) is 0 Å². The third-order valence-corrected chi connectivity index (χ3v) is 5.87. The van der Waals surface area contributed by atoms with E-state index < -0.39 is 5.91 Å². The Labute approximate surface area is 201 Å². The van der Waals surface area contributed by atoms with Gasteiger partial charge in [0.05, 0.1) is 11.1 Å². The van der Waals surface area contributed by atoms with Gasteiger partial charge in [-0.2, -0.15) is 0 Å². The molecule has 0 aliphatic carbocycles. The van der Waals surface area contributed by atoms with E-state index in [1.54, 1.807) is 41.3 Å². The van der Waals surface area contributed by atoms with Gasteiger partial charge in [-0.25, -0.2) is 4.98 Å². The number of aliphatic hydroxyl groups is 1. The maximum absolute atomic E-state index is 12.9. The Morgan fingerprint density at radius 1 is 1.09 bits per heavy atom. The second-order valence-electron chi connectivity index (χ2n) is 8.13. The number of piperidine rings is 1. The van der Waals surface area contributed by atoms with Gasteiger partial charge in [-0.05, 0) is 43.5 Å². The summed E-state index contributed by atoms with van der Waals surface area (Å²) >= 11 is 5.84. The zero-order chi connectivity index (χ0) is 24.1. The van der Waals surface area contributed by atoms with Crippen molar-refractivity contribution in [3.05, 3.63) is 53.4 Å². The fourth-order valence-electron chi connectivity index (χ4n) is 3.83. The minimum Gasteiger partial charge on any atom is -0.449 e. The van der Waals surface area contributed by atoms with E-state index in [4.69, 9.17) is 16.0 Å². The standard InChI is InChI=1S/C24H25ClN4O5/c25-15-8-9-19(26-14-15)27-24(33)23-22(17-4-1-2-5-18(17)34-23)28-20(31)6-3-7-21(32)29-12-10-16(30)11-13-29/h1-2,4-5,8-9,14,16,30H,3,6-7,10-13H2,(H,28,31)(H,26,27,33). The van der Waals surface area contributed by atoms with Gasteiger partial charge in [-0.3, -0.25) is 14.4 Å². The molecule has 0 saturated carbocycles. The SMILES string of the molecule is O=C(CCCC(=O)N1CCC(O)CC1)Nc1c(C(=O)Nc2ccc(Cl)cn2)oc2ccccc12. The predicted molar refractivity (Wildman–Crippen MR) is 128 cm³/mol. The number of fused-ring (bicyclic) bond motifs is 1. The van der Waals surface area contributed by atoms with Crippen molar-refractivity contribution in [3.8, 4) is 0 Å². The van der Waals surface area contributed by atoms with E-state index in [9.17, 15) is 19.5 Å². The van der Waals surface area contributed by atoms with Gasteiger partial charge in [0.25, 0.3) is 5.91 Å². The van der Waals surface area contributed by atoms with E-state index in [1.807, 2.05) is 0 Å². The molecule has 3 heterocycles. The van der Waals surface area contributed by atoms with Gasteiger partial charge in [0, 0.05) is 37.5 Å². The number of nitrogens with one attached hydrogen (secondary N) is 2. The smallest absolute Gasteiger partial charge is 0.294 e. The van der Waals surface area contributed by atoms with Crippen molar-refractivity contribution in [3.63, 3.8) is 0 Å². The Morgan fingerprint density at radius 2 is 1.85 bits per heavy atom. The zero-order valence-electron chi connectivity index (χ0n) is 18.4. The number of hydrogen-bond donors (Lipinski definition) is 3. The highest BCUT2D eigenvalue weighted by Crippen LogP contribution is 2.31. The summed E-state index contributed by atoms with van der Waals surface area (Å²) in [7, 11) is 0. The number of amides is 3. The van der Waals surface area contributed by atoms with Crippen molar-refractivity contribution in [1.29, 1.82) is 0 Å². The summed E-state index contributed by atoms with van der Waals surface area (Å²) < 4.78 is 5.73. The number of rotatable bonds is 7. The molecule has 4 rings (SSSR count). The van der Waals surface area contributed by atoms with Crippen LogP contribution in [0.1, 0.15) is 42.7 Å². The number of carbonyl (C=O) groups excluding carboxylic acids is 3. The summed E-state index contributed by atoms with van der Waals surface area (Å²) in [5, 5.41) is 16.0. The second-order valence-corrected chi connectivity index (χ2v) is 8.57. The minimum absolute atomic E-state index is 0.0241. The number of benzene rings is 1. The number of halogens is 1. The van der Waals surface area contributed by atoms with Gasteiger partial charge in [-0.1, -0.05) is 23.7 Å². The maximum atomic E-state index is 12.9. The van der Waals surface area contributed by atoms with E-state index in [0.29, 0.717) is 48.3 Å². The molecular weight excluding hydrogens is 460 g/mol. The van der Waals surface area contributed by atoms with Gasteiger partial charge in [-0.15, -0.1) is 0 Å². The van der Waals surface area contributed by atoms with Gasteiger partial charge >= 0.3 is 0 Å². The lowest BCUT2D eigenvalue weighted by atomic mass is 10.1. The number of aromatic nitrogens is 1. The number of nitrogens with zero attached hydrogens (tertiary/aromatic N) is 2. The third kappa shape index (κ3) is 5.73. The first-order chi connectivity index (χ1) is 16.4. The first-order valence-corrected chi connectivity index (χ1v) is 11.5. The van der Waals surface area contributed by atoms with Crippen LogP contribution in [0.5, 0.6) is 0 Å². The molecule has 3 aromatic rings. The lowest BCUT2D eigenvalue weighted by Crippen LogP contribution is -2.40. The number of furan rings is 1. The van der Waals surface area contributed by atoms with Crippen molar-refractivity contribution in [1.82, 2.24) is 9.88 Å². The molecule has 1 aliphatic rings. The van der Waals surface area contributed by atoms with E-state index >= 15 is 0 Å². The minimum atomic E-state index is -0.566. The summed E-state index contributed by atoms with van der Waals surface area (Å²) in [6, 6.07) is 10.2. The molecule has 1 fully saturated rings. The highest BCUT2D eigenvalue weighted by molar-refractivity contribution is 6.30. The largest absolute Gasteiger partial charge is 0.449 e. The normalized spacial score (nSPS) is 14.2. The maximum Gasteiger partial charge on any atom is 0.294 e. The fraction of sp³-hybridized carbons (Fsp3) is 0.333. The average molecular weight is 485 g/mol. The number of para-hydroxylation sites is 1. The Balaban J connectivity index is 1.40. The Morgan fingerprint density at radius 3 is 2.59 bits per heavy atom. The lowest BCUT2D eigenvalue weighted by Gasteiger charge is -2.29. The summed E-state index contributed by atoms with van der Waals surface area (Å²) in [4.78, 5) is 43.6. The molecule has 1 saturated heterocycles. The monoisotopic (exact) mass is 484 g/mol. The van der Waals surface area contributed by atoms with Crippen LogP contribution in [-0.2, 0) is 9.59 Å². The number of likely N-dealkylation sites (tertiary alicyclic amines) is 1. The molecule has 1 aliphatic heterocycles. The van der Waals surface area contributed by atoms with Crippen molar-refractivity contribution in [2.75, 3.05) is 23.7 Å². The summed E-state index contributed by atoms with van der Waals surface area (Å²) in [6.07, 6.45) is 2.95. The van der Waals surface area contributed by atoms with Crippen molar-refractivity contribution in [2.24, 2.45) is 0 Å². The molecule has 178 valence electrons. The summed E-state index contributed by atoms with van der Waals surface area (Å²) in [6.45, 7) is 1.07. The van der Waals surface area contributed by atoms with Gasteiger partial charge in [0.15, 0.2) is 0 Å². The Bertz CT molecular complexity index is 1190. The number of carbonyl (C=O) groups is 3. The molecule has 2 aromatic heterocycles. The molecule has 0 spiro atoms. The van der Waals surface area contributed by atoms with Crippen molar-refractivity contribution >= 4 is 51.8 Å². The molecule has 0 atom stereocenters. The molecule has 0 unspecified atom stereocenters. The topological polar surface area (TPSA) is 125 Å². The molecule has 9 nitrogen and oxygen atoms in total. The summed E-state index contributed by atoms with van der Waals surface area (Å²) in [5.74, 6) is -0.676. The van der Waals surface area contributed by atoms with E-state index in [-0.39, 0.29) is 48.0 Å². The molecular formula is C24H25ClN4O5. The van der Waals surface area contributed by atoms with Crippen molar-refractivity contribution < 1.29 is 23.9 Å². The van der Waals surface area contributed by atoms with E-state index in [1.165, 1.54) is 6.20 Å². The number of anilines is 2. The quantitative estimate of drug-likeness (QED) is 0.468. The first-order valence-electron chi connectivity index (χ1n) is 11.1. The van der Waals surface area contributed by atoms with Gasteiger partial charge in [0.1, 0.15) is 17.1 Å². The van der Waals surface area contributed by atoms with Crippen LogP contribution < -0.4 is 10.6 Å². The van der Waals surface area contributed by atoms with E-state index in [2.05, 4.69) is 15.6 Å². The molecule has 34 heavy (non-hydrogen) atoms. The predicted octanol–water partition coefficient (Wildman–Crippen LogP) is 3.83.